The van der Waals surface area contributed by atoms with Gasteiger partial charge in [-0.2, -0.15) is 0 Å². The maximum Gasteiger partial charge on any atom is 0.253 e. The zero-order valence-corrected chi connectivity index (χ0v) is 20.5. The molecular formula is C27H34N4O4. The first-order chi connectivity index (χ1) is 17.0. The molecule has 0 radical (unpaired) electrons. The molecule has 0 bridgehead atoms. The van der Waals surface area contributed by atoms with Gasteiger partial charge in [0.05, 0.1) is 13.7 Å². The van der Waals surface area contributed by atoms with Crippen molar-refractivity contribution in [3.05, 3.63) is 54.1 Å². The van der Waals surface area contributed by atoms with Gasteiger partial charge in [-0.25, -0.2) is 0 Å². The minimum absolute atomic E-state index is 0.0302. The molecule has 35 heavy (non-hydrogen) atoms. The Morgan fingerprint density at radius 1 is 0.971 bits per heavy atom. The Morgan fingerprint density at radius 3 is 2.20 bits per heavy atom. The molecule has 8 nitrogen and oxygen atoms in total. The minimum Gasteiger partial charge on any atom is -0.497 e. The second-order valence-electron chi connectivity index (χ2n) is 9.14. The fourth-order valence-electron chi connectivity index (χ4n) is 4.34. The quantitative estimate of drug-likeness (QED) is 0.598. The van der Waals surface area contributed by atoms with Crippen molar-refractivity contribution in [3.63, 3.8) is 0 Å². The first-order valence-electron chi connectivity index (χ1n) is 12.4. The number of amides is 3. The Bertz CT molecular complexity index is 1030. The number of hydrogen-bond donors (Lipinski definition) is 1. The molecule has 4 rings (SSSR count). The number of carbonyl (C=O) groups is 3. The van der Waals surface area contributed by atoms with Gasteiger partial charge in [0.25, 0.3) is 5.91 Å². The molecule has 1 saturated heterocycles. The van der Waals surface area contributed by atoms with E-state index in [1.54, 1.807) is 36.3 Å². The van der Waals surface area contributed by atoms with E-state index in [1.807, 2.05) is 36.1 Å². The molecule has 1 saturated carbocycles. The molecular weight excluding hydrogens is 444 g/mol. The number of rotatable bonds is 9. The van der Waals surface area contributed by atoms with Crippen molar-refractivity contribution in [2.24, 2.45) is 5.92 Å². The Kier molecular flexibility index (Phi) is 7.90. The summed E-state index contributed by atoms with van der Waals surface area (Å²) in [6.07, 6.45) is 2.71. The van der Waals surface area contributed by atoms with Gasteiger partial charge >= 0.3 is 0 Å². The van der Waals surface area contributed by atoms with E-state index in [1.165, 1.54) is 0 Å². The Balaban J connectivity index is 1.27. The lowest BCUT2D eigenvalue weighted by Crippen LogP contribution is -2.48. The highest BCUT2D eigenvalue weighted by atomic mass is 16.5. The molecule has 2 aliphatic rings. The molecule has 186 valence electrons. The molecule has 0 atom stereocenters. The molecule has 1 aliphatic heterocycles. The number of benzene rings is 2. The Labute approximate surface area is 206 Å². The highest BCUT2D eigenvalue weighted by Crippen LogP contribution is 2.31. The lowest BCUT2D eigenvalue weighted by Gasteiger charge is -2.36. The Morgan fingerprint density at radius 2 is 1.63 bits per heavy atom. The topological polar surface area (TPSA) is 82.2 Å². The average molecular weight is 479 g/mol. The van der Waals surface area contributed by atoms with Crippen LogP contribution in [0, 0.1) is 5.92 Å². The molecule has 0 aromatic heterocycles. The van der Waals surface area contributed by atoms with Gasteiger partial charge in [-0.15, -0.1) is 0 Å². The number of anilines is 2. The maximum absolute atomic E-state index is 12.8. The first kappa shape index (κ1) is 24.6. The van der Waals surface area contributed by atoms with E-state index < -0.39 is 0 Å². The first-order valence-corrected chi connectivity index (χ1v) is 12.4. The average Bonchev–Trinajstić information content (AvgIpc) is 3.74. The lowest BCUT2D eigenvalue weighted by atomic mass is 10.1. The SMILES string of the molecule is CCCN(CC(=O)Nc1ccc(N2CCN(C(=O)c3ccc(OC)cc3)CC2)cc1)C(=O)C1CC1. The summed E-state index contributed by atoms with van der Waals surface area (Å²) >= 11 is 0. The summed E-state index contributed by atoms with van der Waals surface area (Å²) in [7, 11) is 1.61. The van der Waals surface area contributed by atoms with Crippen molar-refractivity contribution >= 4 is 29.1 Å². The molecule has 2 fully saturated rings. The van der Waals surface area contributed by atoms with E-state index in [0.717, 1.165) is 43.8 Å². The predicted molar refractivity (Wildman–Crippen MR) is 136 cm³/mol. The van der Waals surface area contributed by atoms with Crippen LogP contribution in [0.15, 0.2) is 48.5 Å². The second kappa shape index (κ2) is 11.3. The van der Waals surface area contributed by atoms with Gasteiger partial charge in [-0.05, 0) is 67.8 Å². The zero-order valence-electron chi connectivity index (χ0n) is 20.5. The molecule has 3 amide bonds. The van der Waals surface area contributed by atoms with Gasteiger partial charge in [0.2, 0.25) is 11.8 Å². The smallest absolute Gasteiger partial charge is 0.253 e. The molecule has 8 heteroatoms. The van der Waals surface area contributed by atoms with E-state index in [0.29, 0.717) is 30.9 Å². The molecule has 1 N–H and O–H groups in total. The number of carbonyl (C=O) groups excluding carboxylic acids is 3. The van der Waals surface area contributed by atoms with Gasteiger partial charge in [0, 0.05) is 55.6 Å². The van der Waals surface area contributed by atoms with Crippen molar-refractivity contribution < 1.29 is 19.1 Å². The number of hydrogen-bond acceptors (Lipinski definition) is 5. The van der Waals surface area contributed by atoms with Crippen molar-refractivity contribution in [2.45, 2.75) is 26.2 Å². The van der Waals surface area contributed by atoms with Crippen molar-refractivity contribution in [1.29, 1.82) is 0 Å². The van der Waals surface area contributed by atoms with Crippen LogP contribution < -0.4 is 15.0 Å². The van der Waals surface area contributed by atoms with Crippen LogP contribution in [-0.4, -0.2) is 73.9 Å². The van der Waals surface area contributed by atoms with Crippen molar-refractivity contribution in [1.82, 2.24) is 9.80 Å². The van der Waals surface area contributed by atoms with E-state index in [2.05, 4.69) is 10.2 Å². The highest BCUT2D eigenvalue weighted by molar-refractivity contribution is 5.95. The molecule has 1 heterocycles. The maximum atomic E-state index is 12.8. The van der Waals surface area contributed by atoms with E-state index in [-0.39, 0.29) is 30.2 Å². The van der Waals surface area contributed by atoms with Crippen molar-refractivity contribution in [3.8, 4) is 5.75 Å². The highest BCUT2D eigenvalue weighted by Gasteiger charge is 2.33. The van der Waals surface area contributed by atoms with Crippen LogP contribution in [-0.2, 0) is 9.59 Å². The van der Waals surface area contributed by atoms with Crippen LogP contribution >= 0.6 is 0 Å². The second-order valence-corrected chi connectivity index (χ2v) is 9.14. The van der Waals surface area contributed by atoms with E-state index in [4.69, 9.17) is 4.74 Å². The van der Waals surface area contributed by atoms with Gasteiger partial charge in [0.1, 0.15) is 5.75 Å². The number of ether oxygens (including phenoxy) is 1. The summed E-state index contributed by atoms with van der Waals surface area (Å²) in [4.78, 5) is 43.5. The third-order valence-corrected chi connectivity index (χ3v) is 6.49. The third-order valence-electron chi connectivity index (χ3n) is 6.49. The molecule has 0 spiro atoms. The van der Waals surface area contributed by atoms with Crippen LogP contribution in [0.5, 0.6) is 5.75 Å². The monoisotopic (exact) mass is 478 g/mol. The zero-order chi connectivity index (χ0) is 24.8. The van der Waals surface area contributed by atoms with Crippen LogP contribution in [0.4, 0.5) is 11.4 Å². The summed E-state index contributed by atoms with van der Waals surface area (Å²) in [5, 5.41) is 2.91. The third kappa shape index (κ3) is 6.32. The lowest BCUT2D eigenvalue weighted by molar-refractivity contribution is -0.135. The van der Waals surface area contributed by atoms with E-state index in [9.17, 15) is 14.4 Å². The van der Waals surface area contributed by atoms with Crippen LogP contribution in [0.3, 0.4) is 0 Å². The molecule has 2 aromatic carbocycles. The largest absolute Gasteiger partial charge is 0.497 e. The summed E-state index contributed by atoms with van der Waals surface area (Å²) in [6.45, 7) is 5.48. The summed E-state index contributed by atoms with van der Waals surface area (Å²) in [6, 6.07) is 14.9. The minimum atomic E-state index is -0.175. The number of nitrogens with one attached hydrogen (secondary N) is 1. The number of nitrogens with zero attached hydrogens (tertiary/aromatic N) is 3. The summed E-state index contributed by atoms with van der Waals surface area (Å²) in [5.74, 6) is 0.798. The molecule has 0 unspecified atom stereocenters. The summed E-state index contributed by atoms with van der Waals surface area (Å²) < 4.78 is 5.16. The predicted octanol–water partition coefficient (Wildman–Crippen LogP) is 3.24. The van der Waals surface area contributed by atoms with Gasteiger partial charge < -0.3 is 24.8 Å². The number of methoxy groups -OCH3 is 1. The Hall–Kier alpha value is -3.55. The van der Waals surface area contributed by atoms with E-state index >= 15 is 0 Å². The molecule has 1 aliphatic carbocycles. The van der Waals surface area contributed by atoms with Gasteiger partial charge in [-0.3, -0.25) is 14.4 Å². The standard InChI is InChI=1S/C27H34N4O4/c1-3-14-31(27(34)20-4-5-20)19-25(32)28-22-8-10-23(11-9-22)29-15-17-30(18-16-29)26(33)21-6-12-24(35-2)13-7-21/h6-13,20H,3-5,14-19H2,1-2H3,(H,28,32). The molecule has 2 aromatic rings. The van der Waals surface area contributed by atoms with Crippen LogP contribution in [0.25, 0.3) is 0 Å². The van der Waals surface area contributed by atoms with Crippen LogP contribution in [0.2, 0.25) is 0 Å². The fourth-order valence-corrected chi connectivity index (χ4v) is 4.34. The van der Waals surface area contributed by atoms with Crippen molar-refractivity contribution in [2.75, 3.05) is 56.6 Å². The number of piperazine rings is 1. The summed E-state index contributed by atoms with van der Waals surface area (Å²) in [5.41, 5.74) is 2.43. The van der Waals surface area contributed by atoms with Gasteiger partial charge in [-0.1, -0.05) is 6.92 Å². The normalized spacial score (nSPS) is 15.5. The fraction of sp³-hybridized carbons (Fsp3) is 0.444. The van der Waals surface area contributed by atoms with Gasteiger partial charge in [0.15, 0.2) is 0 Å². The van der Waals surface area contributed by atoms with Crippen LogP contribution in [0.1, 0.15) is 36.5 Å².